The minimum Gasteiger partial charge on any atom is -0.350 e. The number of thiophene rings is 1. The van der Waals surface area contributed by atoms with E-state index in [-0.39, 0.29) is 12.3 Å². The smallest absolute Gasteiger partial charge is 0.159 e. The van der Waals surface area contributed by atoms with Crippen molar-refractivity contribution in [2.24, 2.45) is 5.73 Å². The van der Waals surface area contributed by atoms with Crippen LogP contribution in [0.4, 0.5) is 0 Å². The highest BCUT2D eigenvalue weighted by atomic mass is 32.1. The van der Waals surface area contributed by atoms with E-state index in [0.29, 0.717) is 13.2 Å². The van der Waals surface area contributed by atoms with Crippen LogP contribution in [0.25, 0.3) is 0 Å². The van der Waals surface area contributed by atoms with Gasteiger partial charge in [0.15, 0.2) is 6.29 Å². The highest BCUT2D eigenvalue weighted by molar-refractivity contribution is 7.07. The summed E-state index contributed by atoms with van der Waals surface area (Å²) >= 11 is 1.66. The second-order valence-electron chi connectivity index (χ2n) is 3.07. The lowest BCUT2D eigenvalue weighted by molar-refractivity contribution is -0.0507. The first-order valence-electron chi connectivity index (χ1n) is 4.37. The van der Waals surface area contributed by atoms with E-state index in [4.69, 9.17) is 15.2 Å². The first-order valence-corrected chi connectivity index (χ1v) is 5.31. The Morgan fingerprint density at radius 1 is 1.54 bits per heavy atom. The molecule has 1 fully saturated rings. The van der Waals surface area contributed by atoms with Gasteiger partial charge in [0.25, 0.3) is 0 Å². The number of ether oxygens (including phenoxy) is 2. The van der Waals surface area contributed by atoms with Crippen molar-refractivity contribution in [2.75, 3.05) is 13.2 Å². The third-order valence-corrected chi connectivity index (χ3v) is 2.81. The van der Waals surface area contributed by atoms with Gasteiger partial charge in [-0.15, -0.1) is 0 Å². The molecule has 2 N–H and O–H groups in total. The van der Waals surface area contributed by atoms with Crippen molar-refractivity contribution in [1.82, 2.24) is 0 Å². The van der Waals surface area contributed by atoms with E-state index in [9.17, 15) is 0 Å². The summed E-state index contributed by atoms with van der Waals surface area (Å²) in [6, 6.07) is 2.08. The van der Waals surface area contributed by atoms with Crippen LogP contribution >= 0.6 is 11.3 Å². The summed E-state index contributed by atoms with van der Waals surface area (Å²) in [5.74, 6) is 0. The quantitative estimate of drug-likeness (QED) is 0.802. The maximum Gasteiger partial charge on any atom is 0.159 e. The molecule has 0 aromatic carbocycles. The maximum atomic E-state index is 5.97. The Morgan fingerprint density at radius 3 is 2.92 bits per heavy atom. The van der Waals surface area contributed by atoms with Crippen LogP contribution in [0.1, 0.15) is 18.0 Å². The number of hydrogen-bond donors (Lipinski definition) is 1. The summed E-state index contributed by atoms with van der Waals surface area (Å²) in [6.45, 7) is 1.39. The Morgan fingerprint density at radius 2 is 2.31 bits per heavy atom. The summed E-state index contributed by atoms with van der Waals surface area (Å²) in [6.07, 6.45) is 0.645. The molecule has 2 rings (SSSR count). The number of hydrogen-bond acceptors (Lipinski definition) is 4. The van der Waals surface area contributed by atoms with Crippen molar-refractivity contribution >= 4 is 11.3 Å². The highest BCUT2D eigenvalue weighted by Crippen LogP contribution is 2.21. The molecule has 1 unspecified atom stereocenters. The Balaban J connectivity index is 1.87. The third kappa shape index (κ3) is 2.28. The van der Waals surface area contributed by atoms with Crippen molar-refractivity contribution in [3.05, 3.63) is 22.4 Å². The fraction of sp³-hybridized carbons (Fsp3) is 0.556. The Bertz CT molecular complexity index is 244. The van der Waals surface area contributed by atoms with Gasteiger partial charge in [-0.3, -0.25) is 0 Å². The van der Waals surface area contributed by atoms with Crippen LogP contribution in [0.2, 0.25) is 0 Å². The first kappa shape index (κ1) is 9.15. The number of rotatable bonds is 3. The molecule has 13 heavy (non-hydrogen) atoms. The van der Waals surface area contributed by atoms with E-state index in [1.807, 2.05) is 11.4 Å². The highest BCUT2D eigenvalue weighted by Gasteiger charge is 2.20. The van der Waals surface area contributed by atoms with Crippen LogP contribution in [-0.2, 0) is 9.47 Å². The van der Waals surface area contributed by atoms with Gasteiger partial charge in [-0.25, -0.2) is 0 Å². The molecule has 0 amide bonds. The minimum absolute atomic E-state index is 0.0364. The molecule has 4 heteroatoms. The molecule has 0 saturated carbocycles. The van der Waals surface area contributed by atoms with E-state index >= 15 is 0 Å². The van der Waals surface area contributed by atoms with Gasteiger partial charge >= 0.3 is 0 Å². The van der Waals surface area contributed by atoms with Crippen molar-refractivity contribution in [3.63, 3.8) is 0 Å². The molecule has 1 aliphatic rings. The number of nitrogens with two attached hydrogens (primary N) is 1. The lowest BCUT2D eigenvalue weighted by Crippen LogP contribution is -2.18. The second-order valence-corrected chi connectivity index (χ2v) is 3.85. The lowest BCUT2D eigenvalue weighted by atomic mass is 10.1. The summed E-state index contributed by atoms with van der Waals surface area (Å²) in [7, 11) is 0. The van der Waals surface area contributed by atoms with Gasteiger partial charge in [-0.05, 0) is 22.4 Å². The average Bonchev–Trinajstić information content (AvgIpc) is 2.74. The van der Waals surface area contributed by atoms with Crippen LogP contribution in [0.5, 0.6) is 0 Å². The van der Waals surface area contributed by atoms with E-state index in [1.54, 1.807) is 11.3 Å². The van der Waals surface area contributed by atoms with Gasteiger partial charge in [0.1, 0.15) is 0 Å². The molecule has 1 aliphatic heterocycles. The fourth-order valence-corrected chi connectivity index (χ4v) is 2.10. The van der Waals surface area contributed by atoms with Crippen molar-refractivity contribution in [2.45, 2.75) is 18.8 Å². The van der Waals surface area contributed by atoms with E-state index in [0.717, 1.165) is 6.42 Å². The molecule has 1 aromatic rings. The molecule has 3 nitrogen and oxygen atoms in total. The predicted molar refractivity (Wildman–Crippen MR) is 51.6 cm³/mol. The monoisotopic (exact) mass is 199 g/mol. The van der Waals surface area contributed by atoms with Crippen LogP contribution in [0, 0.1) is 0 Å². The molecule has 0 spiro atoms. The largest absolute Gasteiger partial charge is 0.350 e. The van der Waals surface area contributed by atoms with Gasteiger partial charge in [0.05, 0.1) is 13.2 Å². The Kier molecular flexibility index (Phi) is 2.95. The third-order valence-electron chi connectivity index (χ3n) is 2.11. The molecular formula is C9H13NO2S. The zero-order valence-electron chi connectivity index (χ0n) is 7.31. The first-order chi connectivity index (χ1) is 6.36. The average molecular weight is 199 g/mol. The van der Waals surface area contributed by atoms with Crippen molar-refractivity contribution in [1.29, 1.82) is 0 Å². The SMILES string of the molecule is NC(CC1OCCO1)c1ccsc1. The zero-order chi connectivity index (χ0) is 9.10. The van der Waals surface area contributed by atoms with Crippen LogP contribution in [-0.4, -0.2) is 19.5 Å². The van der Waals surface area contributed by atoms with Gasteiger partial charge in [0, 0.05) is 12.5 Å². The molecule has 1 aromatic heterocycles. The fourth-order valence-electron chi connectivity index (χ4n) is 1.37. The summed E-state index contributed by atoms with van der Waals surface area (Å²) in [5, 5.41) is 4.10. The Hall–Kier alpha value is -0.420. The molecule has 0 radical (unpaired) electrons. The molecule has 0 bridgehead atoms. The summed E-state index contributed by atoms with van der Waals surface area (Å²) < 4.78 is 10.6. The van der Waals surface area contributed by atoms with Crippen LogP contribution < -0.4 is 5.73 Å². The van der Waals surface area contributed by atoms with Gasteiger partial charge < -0.3 is 15.2 Å². The van der Waals surface area contributed by atoms with E-state index < -0.39 is 0 Å². The molecule has 1 saturated heterocycles. The summed E-state index contributed by atoms with van der Waals surface area (Å²) in [4.78, 5) is 0. The normalized spacial score (nSPS) is 20.7. The van der Waals surface area contributed by atoms with Crippen LogP contribution in [0.3, 0.4) is 0 Å². The molecule has 2 heterocycles. The standard InChI is InChI=1S/C9H13NO2S/c10-8(7-1-4-13-6-7)5-9-11-2-3-12-9/h1,4,6,8-9H,2-3,5,10H2. The zero-order valence-corrected chi connectivity index (χ0v) is 8.13. The topological polar surface area (TPSA) is 44.5 Å². The van der Waals surface area contributed by atoms with Gasteiger partial charge in [0.2, 0.25) is 0 Å². The maximum absolute atomic E-state index is 5.97. The molecule has 72 valence electrons. The minimum atomic E-state index is -0.102. The molecular weight excluding hydrogens is 186 g/mol. The van der Waals surface area contributed by atoms with Crippen molar-refractivity contribution < 1.29 is 9.47 Å². The van der Waals surface area contributed by atoms with E-state index in [2.05, 4.69) is 5.38 Å². The van der Waals surface area contributed by atoms with Crippen molar-refractivity contribution in [3.8, 4) is 0 Å². The molecule has 1 atom stereocenters. The summed E-state index contributed by atoms with van der Waals surface area (Å²) in [5.41, 5.74) is 7.14. The van der Waals surface area contributed by atoms with Gasteiger partial charge in [-0.2, -0.15) is 11.3 Å². The lowest BCUT2D eigenvalue weighted by Gasteiger charge is -2.14. The predicted octanol–water partition coefficient (Wildman–Crippen LogP) is 1.51. The van der Waals surface area contributed by atoms with Gasteiger partial charge in [-0.1, -0.05) is 0 Å². The molecule has 0 aliphatic carbocycles. The van der Waals surface area contributed by atoms with E-state index in [1.165, 1.54) is 5.56 Å². The van der Waals surface area contributed by atoms with Crippen LogP contribution in [0.15, 0.2) is 16.8 Å². The Labute approximate surface area is 81.5 Å². The second kappa shape index (κ2) is 4.19.